The molecule has 0 bridgehead atoms. The third-order valence-corrected chi connectivity index (χ3v) is 4.22. The first kappa shape index (κ1) is 13.2. The highest BCUT2D eigenvalue weighted by atomic mass is 35.5. The number of amides is 1. The molecule has 1 aliphatic rings. The van der Waals surface area contributed by atoms with Gasteiger partial charge in [0.25, 0.3) is 0 Å². The fourth-order valence-corrected chi connectivity index (χ4v) is 3.16. The quantitative estimate of drug-likeness (QED) is 0.820. The fourth-order valence-electron chi connectivity index (χ4n) is 2.90. The van der Waals surface area contributed by atoms with E-state index in [1.165, 1.54) is 11.2 Å². The number of halogens is 1. The molecule has 1 aliphatic heterocycles. The van der Waals surface area contributed by atoms with Crippen LogP contribution in [0.15, 0.2) is 12.5 Å². The molecule has 20 heavy (non-hydrogen) atoms. The monoisotopic (exact) mass is 294 g/mol. The van der Waals surface area contributed by atoms with Crippen LogP contribution in [0.4, 0.5) is 4.79 Å². The molecule has 1 saturated heterocycles. The van der Waals surface area contributed by atoms with Crippen LogP contribution in [0.1, 0.15) is 24.3 Å². The fraction of sp³-hybridized carbons (Fsp3) is 0.462. The zero-order chi connectivity index (χ0) is 14.3. The third kappa shape index (κ3) is 2.10. The van der Waals surface area contributed by atoms with E-state index in [1.54, 1.807) is 0 Å². The van der Waals surface area contributed by atoms with Crippen LogP contribution in [0.2, 0.25) is 5.15 Å². The molecule has 1 fully saturated rings. The number of hydrogen-bond acceptors (Lipinski definition) is 3. The Hall–Kier alpha value is -1.82. The van der Waals surface area contributed by atoms with E-state index in [4.69, 9.17) is 16.7 Å². The Bertz CT molecular complexity index is 662. The second-order valence-corrected chi connectivity index (χ2v) is 5.46. The Morgan fingerprint density at radius 3 is 2.75 bits per heavy atom. The lowest BCUT2D eigenvalue weighted by Crippen LogP contribution is -2.36. The maximum atomic E-state index is 10.9. The lowest BCUT2D eigenvalue weighted by molar-refractivity contribution is 0.132. The van der Waals surface area contributed by atoms with Gasteiger partial charge in [0, 0.05) is 26.3 Å². The number of hydrogen-bond donors (Lipinski definition) is 1. The van der Waals surface area contributed by atoms with Gasteiger partial charge in [0.15, 0.2) is 5.15 Å². The Morgan fingerprint density at radius 2 is 2.10 bits per heavy atom. The van der Waals surface area contributed by atoms with Gasteiger partial charge < -0.3 is 14.6 Å². The summed E-state index contributed by atoms with van der Waals surface area (Å²) in [4.78, 5) is 20.8. The van der Waals surface area contributed by atoms with Crippen LogP contribution < -0.4 is 0 Å². The van der Waals surface area contributed by atoms with Crippen LogP contribution >= 0.6 is 11.6 Å². The van der Waals surface area contributed by atoms with Crippen molar-refractivity contribution in [3.05, 3.63) is 23.2 Å². The molecule has 7 heteroatoms. The Morgan fingerprint density at radius 1 is 1.40 bits per heavy atom. The van der Waals surface area contributed by atoms with Crippen LogP contribution in [-0.2, 0) is 7.05 Å². The molecule has 1 N–H and O–H groups in total. The van der Waals surface area contributed by atoms with Crippen molar-refractivity contribution in [3.8, 4) is 0 Å². The minimum atomic E-state index is -0.841. The maximum absolute atomic E-state index is 10.9. The van der Waals surface area contributed by atoms with Crippen molar-refractivity contribution in [2.24, 2.45) is 7.05 Å². The van der Waals surface area contributed by atoms with Crippen molar-refractivity contribution in [1.29, 1.82) is 0 Å². The molecule has 0 aromatic carbocycles. The molecule has 2 aromatic rings. The van der Waals surface area contributed by atoms with E-state index in [-0.39, 0.29) is 0 Å². The summed E-state index contributed by atoms with van der Waals surface area (Å²) in [5, 5.41) is 9.44. The highest BCUT2D eigenvalue weighted by Crippen LogP contribution is 2.34. The molecule has 2 aromatic heterocycles. The number of aromatic nitrogens is 3. The van der Waals surface area contributed by atoms with Crippen molar-refractivity contribution >= 4 is 28.7 Å². The Kier molecular flexibility index (Phi) is 3.25. The molecule has 1 amide bonds. The normalized spacial score (nSPS) is 16.8. The van der Waals surface area contributed by atoms with Gasteiger partial charge in [-0.3, -0.25) is 0 Å². The van der Waals surface area contributed by atoms with E-state index in [9.17, 15) is 4.79 Å². The molecule has 3 rings (SSSR count). The largest absolute Gasteiger partial charge is 0.465 e. The van der Waals surface area contributed by atoms with Crippen molar-refractivity contribution in [3.63, 3.8) is 0 Å². The van der Waals surface area contributed by atoms with Gasteiger partial charge in [-0.05, 0) is 24.3 Å². The summed E-state index contributed by atoms with van der Waals surface area (Å²) in [7, 11) is 1.92. The van der Waals surface area contributed by atoms with Gasteiger partial charge in [-0.15, -0.1) is 0 Å². The molecule has 0 unspecified atom stereocenters. The number of carbonyl (C=O) groups is 1. The number of rotatable bonds is 1. The van der Waals surface area contributed by atoms with E-state index in [0.29, 0.717) is 24.2 Å². The van der Waals surface area contributed by atoms with Gasteiger partial charge in [-0.1, -0.05) is 11.6 Å². The number of aryl methyl sites for hydroxylation is 1. The van der Waals surface area contributed by atoms with Gasteiger partial charge in [0.2, 0.25) is 0 Å². The lowest BCUT2D eigenvalue weighted by Gasteiger charge is -2.29. The summed E-state index contributed by atoms with van der Waals surface area (Å²) in [6.07, 6.45) is 4.29. The molecular formula is C13H15ClN4O2. The minimum absolute atomic E-state index is 0.320. The Labute approximate surface area is 121 Å². The van der Waals surface area contributed by atoms with Crippen molar-refractivity contribution in [1.82, 2.24) is 19.4 Å². The summed E-state index contributed by atoms with van der Waals surface area (Å²) >= 11 is 6.12. The number of likely N-dealkylation sites (tertiary alicyclic amines) is 1. The van der Waals surface area contributed by atoms with Crippen LogP contribution in [0.3, 0.4) is 0 Å². The van der Waals surface area contributed by atoms with E-state index in [1.807, 2.05) is 17.8 Å². The number of nitrogens with zero attached hydrogens (tertiary/aromatic N) is 4. The average Bonchev–Trinajstić information content (AvgIpc) is 2.77. The van der Waals surface area contributed by atoms with Gasteiger partial charge in [0.05, 0.1) is 5.52 Å². The summed E-state index contributed by atoms with van der Waals surface area (Å²) < 4.78 is 1.94. The van der Waals surface area contributed by atoms with Gasteiger partial charge in [0.1, 0.15) is 11.8 Å². The molecule has 0 radical (unpaired) electrons. The molecule has 0 saturated carbocycles. The van der Waals surface area contributed by atoms with E-state index in [2.05, 4.69) is 9.97 Å². The zero-order valence-electron chi connectivity index (χ0n) is 11.1. The van der Waals surface area contributed by atoms with Gasteiger partial charge >= 0.3 is 6.09 Å². The zero-order valence-corrected chi connectivity index (χ0v) is 11.8. The average molecular weight is 295 g/mol. The first-order chi connectivity index (χ1) is 9.58. The van der Waals surface area contributed by atoms with Crippen LogP contribution in [0, 0.1) is 0 Å². The van der Waals surface area contributed by atoms with Crippen molar-refractivity contribution < 1.29 is 9.90 Å². The number of piperidine rings is 1. The topological polar surface area (TPSA) is 71.2 Å². The van der Waals surface area contributed by atoms with Crippen LogP contribution in [0.5, 0.6) is 0 Å². The highest BCUT2D eigenvalue weighted by molar-refractivity contribution is 6.33. The smallest absolute Gasteiger partial charge is 0.407 e. The van der Waals surface area contributed by atoms with E-state index >= 15 is 0 Å². The number of fused-ring (bicyclic) bond motifs is 1. The van der Waals surface area contributed by atoms with Crippen LogP contribution in [-0.4, -0.2) is 43.7 Å². The van der Waals surface area contributed by atoms with E-state index in [0.717, 1.165) is 29.4 Å². The SMILES string of the molecule is Cn1cc(C2CCN(C(=O)O)CC2)c2ncnc(Cl)c21. The van der Waals surface area contributed by atoms with E-state index < -0.39 is 6.09 Å². The molecule has 0 spiro atoms. The second kappa shape index (κ2) is 4.94. The molecule has 0 atom stereocenters. The molecule has 106 valence electrons. The van der Waals surface area contributed by atoms with Crippen molar-refractivity contribution in [2.45, 2.75) is 18.8 Å². The highest BCUT2D eigenvalue weighted by Gasteiger charge is 2.26. The first-order valence-electron chi connectivity index (χ1n) is 6.51. The predicted molar refractivity (Wildman–Crippen MR) is 75.1 cm³/mol. The first-order valence-corrected chi connectivity index (χ1v) is 6.89. The van der Waals surface area contributed by atoms with Gasteiger partial charge in [-0.2, -0.15) is 0 Å². The minimum Gasteiger partial charge on any atom is -0.465 e. The standard InChI is InChI=1S/C13H15ClN4O2/c1-17-6-9(10-11(17)12(14)16-7-15-10)8-2-4-18(5-3-8)13(19)20/h6-8H,2-5H2,1H3,(H,19,20). The molecule has 6 nitrogen and oxygen atoms in total. The van der Waals surface area contributed by atoms with Gasteiger partial charge in [-0.25, -0.2) is 14.8 Å². The van der Waals surface area contributed by atoms with Crippen LogP contribution in [0.25, 0.3) is 11.0 Å². The Balaban J connectivity index is 1.92. The molecule has 0 aliphatic carbocycles. The van der Waals surface area contributed by atoms with Crippen molar-refractivity contribution in [2.75, 3.05) is 13.1 Å². The summed E-state index contributed by atoms with van der Waals surface area (Å²) in [6.45, 7) is 1.13. The third-order valence-electron chi connectivity index (χ3n) is 3.94. The molecular weight excluding hydrogens is 280 g/mol. The lowest BCUT2D eigenvalue weighted by atomic mass is 9.90. The second-order valence-electron chi connectivity index (χ2n) is 5.10. The maximum Gasteiger partial charge on any atom is 0.407 e. The summed E-state index contributed by atoms with van der Waals surface area (Å²) in [6, 6.07) is 0. The summed E-state index contributed by atoms with van der Waals surface area (Å²) in [5.41, 5.74) is 2.85. The predicted octanol–water partition coefficient (Wildman–Crippen LogP) is 2.48. The summed E-state index contributed by atoms with van der Waals surface area (Å²) in [5.74, 6) is 0.320. The number of carboxylic acid groups (broad SMARTS) is 1. The molecule has 3 heterocycles.